The number of rotatable bonds is 3. The smallest absolute Gasteiger partial charge is 0.0483 e. The summed E-state index contributed by atoms with van der Waals surface area (Å²) in [5.74, 6) is 0. The predicted octanol–water partition coefficient (Wildman–Crippen LogP) is 4.90. The van der Waals surface area contributed by atoms with Gasteiger partial charge in [-0.15, -0.1) is 0 Å². The Hall–Kier alpha value is 1.19. The third-order valence-corrected chi connectivity index (χ3v) is 0.957. The maximum absolute atomic E-state index is 8.06. The van der Waals surface area contributed by atoms with E-state index in [0.29, 0.717) is 0 Å². The van der Waals surface area contributed by atoms with Gasteiger partial charge in [0.05, 0.1) is 0 Å². The van der Waals surface area contributed by atoms with Gasteiger partial charge in [0.25, 0.3) is 0 Å². The fourth-order valence-corrected chi connectivity index (χ4v) is 0.500. The summed E-state index contributed by atoms with van der Waals surface area (Å²) in [6, 6.07) is 0. The van der Waals surface area contributed by atoms with Crippen molar-refractivity contribution in [2.45, 2.75) is 159 Å². The molecule has 0 aromatic heterocycles. The molecule has 0 aliphatic carbocycles. The normalized spacial score (nSPS) is 8.44. The van der Waals surface area contributed by atoms with Crippen molar-refractivity contribution in [3.63, 3.8) is 0 Å². The van der Waals surface area contributed by atoms with E-state index in [0.717, 1.165) is 0 Å². The van der Waals surface area contributed by atoms with E-state index in [1.165, 1.54) is 25.7 Å². The largest absolute Gasteiger partial charge is 0.394 e. The van der Waals surface area contributed by atoms with Crippen molar-refractivity contribution in [3.05, 3.63) is 0 Å². The molecule has 0 amide bonds. The van der Waals surface area contributed by atoms with Crippen LogP contribution in [0.5, 0.6) is 0 Å². The zero-order valence-corrected chi connectivity index (χ0v) is 27.1. The number of hydrogen-bond acceptors (Lipinski definition) is 6. The quantitative estimate of drug-likeness (QED) is 0.223. The summed E-state index contributed by atoms with van der Waals surface area (Å²) in [7, 11) is 0. The molecule has 0 aliphatic heterocycles. The molecule has 0 unspecified atom stereocenters. The minimum absolute atomic E-state index is 0. The Kier molecular flexibility index (Phi) is 107. The van der Waals surface area contributed by atoms with Crippen LogP contribution in [-0.2, 0) is 43.4 Å². The molecule has 32 heavy (non-hydrogen) atoms. The molecule has 0 fully saturated rings. The molecule has 6 N–H and O–H groups in total. The fraction of sp³-hybridized carbons (Fsp3) is 1.00. The van der Waals surface area contributed by atoms with Gasteiger partial charge in [0.1, 0.15) is 0 Å². The Morgan fingerprint density at radius 3 is 0.438 bits per heavy atom. The number of aliphatic hydroxyl groups excluding tert-OH is 6. The third-order valence-electron chi connectivity index (χ3n) is 0.957. The van der Waals surface area contributed by atoms with Gasteiger partial charge in [-0.2, -0.15) is 0 Å². The van der Waals surface area contributed by atoms with E-state index in [2.05, 4.69) is 13.8 Å². The second kappa shape index (κ2) is 58.2. The van der Waals surface area contributed by atoms with Crippen LogP contribution >= 0.6 is 0 Å². The maximum atomic E-state index is 8.06. The van der Waals surface area contributed by atoms with Crippen LogP contribution in [0.1, 0.15) is 123 Å². The van der Waals surface area contributed by atoms with E-state index in [-0.39, 0.29) is 80.1 Å². The first-order chi connectivity index (χ1) is 13.3. The van der Waals surface area contributed by atoms with Crippen molar-refractivity contribution in [1.29, 1.82) is 0 Å². The van der Waals surface area contributed by atoms with Gasteiger partial charge in [0.2, 0.25) is 0 Å². The predicted molar refractivity (Wildman–Crippen MR) is 134 cm³/mol. The molecule has 0 aromatic carbocycles. The van der Waals surface area contributed by atoms with Gasteiger partial charge < -0.3 is 30.6 Å². The first kappa shape index (κ1) is 58.8. The number of hydrogen-bond donors (Lipinski definition) is 6. The first-order valence-corrected chi connectivity index (χ1v) is 11.4. The minimum atomic E-state index is -0.167. The van der Waals surface area contributed by atoms with Crippen molar-refractivity contribution >= 4 is 0 Å². The molecule has 0 saturated heterocycles. The fourth-order valence-electron chi connectivity index (χ4n) is 0.500. The van der Waals surface area contributed by atoms with Gasteiger partial charge in [-0.3, -0.25) is 0 Å². The van der Waals surface area contributed by atoms with Crippen molar-refractivity contribution in [2.75, 3.05) is 0 Å². The summed E-state index contributed by atoms with van der Waals surface area (Å²) in [4.78, 5) is 0. The summed E-state index contributed by atoms with van der Waals surface area (Å²) in [6.07, 6.45) is 4.54. The van der Waals surface area contributed by atoms with Gasteiger partial charge in [0, 0.05) is 80.1 Å². The van der Waals surface area contributed by atoms with Crippen molar-refractivity contribution in [3.8, 4) is 0 Å². The molecule has 0 rings (SSSR count). The molecule has 0 spiro atoms. The summed E-state index contributed by atoms with van der Waals surface area (Å²) < 4.78 is 0. The minimum Gasteiger partial charge on any atom is -0.394 e. The molecule has 0 atom stereocenters. The van der Waals surface area contributed by atoms with Crippen LogP contribution in [0.15, 0.2) is 0 Å². The van der Waals surface area contributed by atoms with E-state index in [1.54, 1.807) is 83.1 Å². The zero-order chi connectivity index (χ0) is 26.3. The Morgan fingerprint density at radius 1 is 0.344 bits per heavy atom. The summed E-state index contributed by atoms with van der Waals surface area (Å²) >= 11 is 0. The van der Waals surface area contributed by atoms with Crippen LogP contribution in [0.4, 0.5) is 0 Å². The van der Waals surface area contributed by atoms with Gasteiger partial charge >= 0.3 is 0 Å². The van der Waals surface area contributed by atoms with Crippen molar-refractivity contribution in [2.24, 2.45) is 0 Å². The molecule has 0 heterocycles. The zero-order valence-electron chi connectivity index (χ0n) is 24.0. The molecule has 6 nitrogen and oxygen atoms in total. The standard InChI is InChI=1S/C6H14.6C3H8O.2Ti/c1-3-5-6-4-2;6*1-3(2)4;;/h3-6H2,1-2H3;6*3-4H,1-2H3;;. The van der Waals surface area contributed by atoms with Crippen LogP contribution in [-0.4, -0.2) is 67.3 Å². The molecule has 0 bridgehead atoms. The SMILES string of the molecule is CC(C)O.CC(C)O.CC(C)O.CC(C)O.CC(C)O.CC(C)O.CCCCCC.[Ti].[Ti]. The number of unbranched alkanes of at least 4 members (excludes halogenated alkanes) is 3. The van der Waals surface area contributed by atoms with Gasteiger partial charge in [0.15, 0.2) is 0 Å². The summed E-state index contributed by atoms with van der Waals surface area (Å²) in [5.41, 5.74) is 0. The van der Waals surface area contributed by atoms with Gasteiger partial charge in [-0.25, -0.2) is 0 Å². The van der Waals surface area contributed by atoms with E-state index in [9.17, 15) is 0 Å². The average Bonchev–Trinajstić information content (AvgIpc) is 2.41. The van der Waals surface area contributed by atoms with Gasteiger partial charge in [-0.1, -0.05) is 39.5 Å². The van der Waals surface area contributed by atoms with E-state index in [4.69, 9.17) is 30.6 Å². The molecule has 202 valence electrons. The molecule has 0 aromatic rings. The Morgan fingerprint density at radius 2 is 0.406 bits per heavy atom. The Balaban J connectivity index is -0.0000000274. The van der Waals surface area contributed by atoms with Crippen molar-refractivity contribution < 1.29 is 74.1 Å². The first-order valence-electron chi connectivity index (χ1n) is 11.4. The van der Waals surface area contributed by atoms with Crippen molar-refractivity contribution in [1.82, 2.24) is 0 Å². The molecule has 0 aliphatic rings. The van der Waals surface area contributed by atoms with Crippen LogP contribution < -0.4 is 0 Å². The van der Waals surface area contributed by atoms with Crippen LogP contribution in [0.2, 0.25) is 0 Å². The van der Waals surface area contributed by atoms with E-state index < -0.39 is 0 Å². The van der Waals surface area contributed by atoms with Crippen LogP contribution in [0, 0.1) is 0 Å². The molecular formula is C24H62O6Ti2. The van der Waals surface area contributed by atoms with Crippen LogP contribution in [0.3, 0.4) is 0 Å². The summed E-state index contributed by atoms with van der Waals surface area (Å²) in [5, 5.41) is 48.3. The average molecular weight is 542 g/mol. The summed E-state index contributed by atoms with van der Waals surface area (Å²) in [6.45, 7) is 25.1. The third kappa shape index (κ3) is 1620. The van der Waals surface area contributed by atoms with Gasteiger partial charge in [-0.05, 0) is 83.1 Å². The number of aliphatic hydroxyl groups is 6. The Labute approximate surface area is 232 Å². The monoisotopic (exact) mass is 542 g/mol. The van der Waals surface area contributed by atoms with E-state index >= 15 is 0 Å². The Bertz CT molecular complexity index is 150. The maximum Gasteiger partial charge on any atom is 0.0483 e. The molecule has 8 heteroatoms. The topological polar surface area (TPSA) is 121 Å². The second-order valence-corrected chi connectivity index (χ2v) is 8.27. The second-order valence-electron chi connectivity index (χ2n) is 8.27. The van der Waals surface area contributed by atoms with E-state index in [1.807, 2.05) is 0 Å². The molecule has 0 saturated carbocycles. The van der Waals surface area contributed by atoms with Crippen LogP contribution in [0.25, 0.3) is 0 Å². The molecule has 0 radical (unpaired) electrons. The molecular weight excluding hydrogens is 480 g/mol.